The van der Waals surface area contributed by atoms with Crippen molar-refractivity contribution in [2.75, 3.05) is 39.3 Å². The fraction of sp³-hybridized carbons (Fsp3) is 1.00. The van der Waals surface area contributed by atoms with E-state index >= 15 is 0 Å². The third-order valence-corrected chi connectivity index (χ3v) is 6.44. The number of nitrogens with zero attached hydrogens (tertiary/aromatic N) is 2. The van der Waals surface area contributed by atoms with Gasteiger partial charge in [-0.3, -0.25) is 0 Å². The lowest BCUT2D eigenvalue weighted by atomic mass is 9.63. The van der Waals surface area contributed by atoms with Crippen LogP contribution in [0.25, 0.3) is 0 Å². The van der Waals surface area contributed by atoms with Gasteiger partial charge in [-0.25, -0.2) is 0 Å². The van der Waals surface area contributed by atoms with Gasteiger partial charge in [-0.05, 0) is 75.2 Å². The van der Waals surface area contributed by atoms with Gasteiger partial charge in [0.2, 0.25) is 0 Å². The first-order valence-electron chi connectivity index (χ1n) is 8.79. The molecular weight excluding hydrogens is 244 g/mol. The summed E-state index contributed by atoms with van der Waals surface area (Å²) in [6, 6.07) is 0. The Morgan fingerprint density at radius 2 is 1.50 bits per heavy atom. The molecule has 0 aromatic heterocycles. The second kappa shape index (κ2) is 6.36. The molecular formula is C18H36N2. The highest BCUT2D eigenvalue weighted by Crippen LogP contribution is 2.46. The second-order valence-electron chi connectivity index (χ2n) is 8.49. The van der Waals surface area contributed by atoms with Gasteiger partial charge in [0, 0.05) is 6.54 Å². The van der Waals surface area contributed by atoms with E-state index in [2.05, 4.69) is 44.4 Å². The third kappa shape index (κ3) is 3.76. The minimum Gasteiger partial charge on any atom is -0.304 e. The third-order valence-electron chi connectivity index (χ3n) is 6.44. The van der Waals surface area contributed by atoms with Crippen molar-refractivity contribution in [2.24, 2.45) is 16.7 Å². The largest absolute Gasteiger partial charge is 0.304 e. The number of hydrogen-bond donors (Lipinski definition) is 0. The highest BCUT2D eigenvalue weighted by atomic mass is 15.2. The molecule has 2 heterocycles. The highest BCUT2D eigenvalue weighted by Gasteiger charge is 2.40. The molecule has 2 aliphatic heterocycles. The highest BCUT2D eigenvalue weighted by molar-refractivity contribution is 4.91. The summed E-state index contributed by atoms with van der Waals surface area (Å²) in [5, 5.41) is 0. The SMILES string of the molecule is CCN1CCC(CN2CCC(C)(C(C)(C)C)CC2)CC1. The van der Waals surface area contributed by atoms with E-state index in [1.807, 2.05) is 0 Å². The van der Waals surface area contributed by atoms with E-state index in [1.165, 1.54) is 65.0 Å². The maximum atomic E-state index is 2.75. The van der Waals surface area contributed by atoms with Crippen LogP contribution < -0.4 is 0 Å². The summed E-state index contributed by atoms with van der Waals surface area (Å²) < 4.78 is 0. The summed E-state index contributed by atoms with van der Waals surface area (Å²) in [6.07, 6.45) is 5.59. The van der Waals surface area contributed by atoms with Crippen LogP contribution >= 0.6 is 0 Å². The summed E-state index contributed by atoms with van der Waals surface area (Å²) in [6.45, 7) is 19.9. The van der Waals surface area contributed by atoms with Crippen LogP contribution in [-0.4, -0.2) is 49.1 Å². The van der Waals surface area contributed by atoms with Crippen molar-refractivity contribution >= 4 is 0 Å². The monoisotopic (exact) mass is 280 g/mol. The Labute approximate surface area is 126 Å². The molecule has 0 aromatic carbocycles. The molecule has 0 aromatic rings. The van der Waals surface area contributed by atoms with E-state index in [0.29, 0.717) is 10.8 Å². The number of likely N-dealkylation sites (tertiary alicyclic amines) is 2. The fourth-order valence-electron chi connectivity index (χ4n) is 3.83. The van der Waals surface area contributed by atoms with E-state index in [0.717, 1.165) is 5.92 Å². The molecule has 20 heavy (non-hydrogen) atoms. The predicted molar refractivity (Wildman–Crippen MR) is 88.1 cm³/mol. The van der Waals surface area contributed by atoms with E-state index in [1.54, 1.807) is 0 Å². The molecule has 118 valence electrons. The van der Waals surface area contributed by atoms with Crippen molar-refractivity contribution < 1.29 is 0 Å². The summed E-state index contributed by atoms with van der Waals surface area (Å²) in [4.78, 5) is 5.35. The first kappa shape index (κ1) is 16.3. The van der Waals surface area contributed by atoms with Gasteiger partial charge in [0.1, 0.15) is 0 Å². The van der Waals surface area contributed by atoms with E-state index in [4.69, 9.17) is 0 Å². The molecule has 0 N–H and O–H groups in total. The zero-order valence-corrected chi connectivity index (χ0v) is 14.5. The average Bonchev–Trinajstić information content (AvgIpc) is 2.41. The van der Waals surface area contributed by atoms with Crippen LogP contribution in [0.4, 0.5) is 0 Å². The topological polar surface area (TPSA) is 6.48 Å². The molecule has 2 fully saturated rings. The minimum absolute atomic E-state index is 0.450. The Kier molecular flexibility index (Phi) is 5.18. The van der Waals surface area contributed by atoms with E-state index in [-0.39, 0.29) is 0 Å². The van der Waals surface area contributed by atoms with Gasteiger partial charge < -0.3 is 9.80 Å². The Balaban J connectivity index is 1.75. The van der Waals surface area contributed by atoms with Gasteiger partial charge in [-0.15, -0.1) is 0 Å². The maximum absolute atomic E-state index is 2.75. The zero-order chi connectivity index (χ0) is 14.8. The van der Waals surface area contributed by atoms with E-state index < -0.39 is 0 Å². The number of piperidine rings is 2. The molecule has 0 aliphatic carbocycles. The van der Waals surface area contributed by atoms with Gasteiger partial charge in [0.25, 0.3) is 0 Å². The van der Waals surface area contributed by atoms with E-state index in [9.17, 15) is 0 Å². The zero-order valence-electron chi connectivity index (χ0n) is 14.5. The molecule has 0 amide bonds. The number of rotatable bonds is 3. The van der Waals surface area contributed by atoms with Crippen LogP contribution in [0, 0.1) is 16.7 Å². The van der Waals surface area contributed by atoms with Crippen molar-refractivity contribution in [1.29, 1.82) is 0 Å². The summed E-state index contributed by atoms with van der Waals surface area (Å²) in [7, 11) is 0. The van der Waals surface area contributed by atoms with Crippen LogP contribution in [0.1, 0.15) is 60.3 Å². The van der Waals surface area contributed by atoms with Crippen LogP contribution in [0.5, 0.6) is 0 Å². The normalized spacial score (nSPS) is 26.9. The molecule has 0 radical (unpaired) electrons. The van der Waals surface area contributed by atoms with Crippen molar-refractivity contribution in [1.82, 2.24) is 9.80 Å². The molecule has 2 heteroatoms. The summed E-state index contributed by atoms with van der Waals surface area (Å²) in [5.41, 5.74) is 0.987. The molecule has 2 rings (SSSR count). The molecule has 0 spiro atoms. The maximum Gasteiger partial charge on any atom is 0.00106 e. The van der Waals surface area contributed by atoms with Crippen molar-refractivity contribution in [3.63, 3.8) is 0 Å². The van der Waals surface area contributed by atoms with Gasteiger partial charge in [0.15, 0.2) is 0 Å². The lowest BCUT2D eigenvalue weighted by Gasteiger charge is -2.48. The number of hydrogen-bond acceptors (Lipinski definition) is 2. The van der Waals surface area contributed by atoms with Gasteiger partial charge >= 0.3 is 0 Å². The van der Waals surface area contributed by atoms with Gasteiger partial charge in [-0.2, -0.15) is 0 Å². The van der Waals surface area contributed by atoms with Gasteiger partial charge in [-0.1, -0.05) is 34.6 Å². The smallest absolute Gasteiger partial charge is 0.00106 e. The Morgan fingerprint density at radius 1 is 0.950 bits per heavy atom. The average molecular weight is 280 g/mol. The molecule has 0 bridgehead atoms. The fourth-order valence-corrected chi connectivity index (χ4v) is 3.83. The first-order chi connectivity index (χ1) is 9.34. The molecule has 0 unspecified atom stereocenters. The Morgan fingerprint density at radius 3 is 1.95 bits per heavy atom. The summed E-state index contributed by atoms with van der Waals surface area (Å²) in [5.74, 6) is 0.955. The molecule has 0 saturated carbocycles. The van der Waals surface area contributed by atoms with Crippen LogP contribution in [0.15, 0.2) is 0 Å². The molecule has 2 saturated heterocycles. The lowest BCUT2D eigenvalue weighted by molar-refractivity contribution is 0.0135. The minimum atomic E-state index is 0.450. The van der Waals surface area contributed by atoms with Gasteiger partial charge in [0.05, 0.1) is 0 Å². The van der Waals surface area contributed by atoms with Crippen LogP contribution in [0.3, 0.4) is 0 Å². The van der Waals surface area contributed by atoms with Crippen molar-refractivity contribution in [2.45, 2.75) is 60.3 Å². The predicted octanol–water partition coefficient (Wildman–Crippen LogP) is 3.87. The first-order valence-corrected chi connectivity index (χ1v) is 8.79. The van der Waals surface area contributed by atoms with Crippen LogP contribution in [0.2, 0.25) is 0 Å². The second-order valence-corrected chi connectivity index (χ2v) is 8.49. The lowest BCUT2D eigenvalue weighted by Crippen LogP contribution is -2.47. The van der Waals surface area contributed by atoms with Crippen LogP contribution in [-0.2, 0) is 0 Å². The van der Waals surface area contributed by atoms with Crippen molar-refractivity contribution in [3.05, 3.63) is 0 Å². The summed E-state index contributed by atoms with van der Waals surface area (Å²) >= 11 is 0. The molecule has 2 aliphatic rings. The van der Waals surface area contributed by atoms with Crippen molar-refractivity contribution in [3.8, 4) is 0 Å². The molecule has 2 nitrogen and oxygen atoms in total. The quantitative estimate of drug-likeness (QED) is 0.774. The molecule has 0 atom stereocenters. The Bertz CT molecular complexity index is 289. The standard InChI is InChI=1S/C18H36N2/c1-6-19-11-7-16(8-12-19)15-20-13-9-18(5,10-14-20)17(2,3)4/h16H,6-15H2,1-5H3. The Hall–Kier alpha value is -0.0800.